The molecular weight excluding hydrogens is 307 g/mol. The lowest BCUT2D eigenvalue weighted by molar-refractivity contribution is -0.333. The SMILES string of the molecule is O=c1c(OP(=O)([O-])[O-])c(-c2ccccc2)oc2ccccc12. The first-order chi connectivity index (χ1) is 10.5. The molecule has 0 amide bonds. The van der Waals surface area contributed by atoms with E-state index in [0.29, 0.717) is 5.56 Å². The molecule has 22 heavy (non-hydrogen) atoms. The standard InChI is InChI=1S/C15H11O6P/c16-13-11-8-4-5-9-12(11)20-14(10-6-2-1-3-7-10)15(13)21-22(17,18)19/h1-9H,(H2,17,18,19)/p-2. The number of para-hydroxylation sites is 1. The topological polar surface area (TPSA) is 103 Å². The van der Waals surface area contributed by atoms with Crippen LogP contribution in [0.2, 0.25) is 0 Å². The zero-order chi connectivity index (χ0) is 15.7. The molecule has 1 heterocycles. The molecule has 0 saturated carbocycles. The highest BCUT2D eigenvalue weighted by Gasteiger charge is 2.18. The Morgan fingerprint density at radius 2 is 1.59 bits per heavy atom. The van der Waals surface area contributed by atoms with E-state index >= 15 is 0 Å². The predicted molar refractivity (Wildman–Crippen MR) is 76.2 cm³/mol. The molecule has 0 spiro atoms. The minimum Gasteiger partial charge on any atom is -0.780 e. The van der Waals surface area contributed by atoms with E-state index in [1.165, 1.54) is 6.07 Å². The summed E-state index contributed by atoms with van der Waals surface area (Å²) in [4.78, 5) is 34.3. The summed E-state index contributed by atoms with van der Waals surface area (Å²) in [5.41, 5.74) is -0.0215. The molecular formula is C15H9O6P-2. The number of phosphoric ester groups is 1. The van der Waals surface area contributed by atoms with Gasteiger partial charge in [0.15, 0.2) is 5.76 Å². The van der Waals surface area contributed by atoms with Crippen LogP contribution in [0.4, 0.5) is 0 Å². The van der Waals surface area contributed by atoms with E-state index in [4.69, 9.17) is 4.42 Å². The Bertz CT molecular complexity index is 926. The average molecular weight is 316 g/mol. The van der Waals surface area contributed by atoms with Crippen LogP contribution in [0.1, 0.15) is 0 Å². The van der Waals surface area contributed by atoms with Gasteiger partial charge in [0, 0.05) is 5.56 Å². The third-order valence-corrected chi connectivity index (χ3v) is 3.40. The van der Waals surface area contributed by atoms with Crippen LogP contribution >= 0.6 is 7.82 Å². The lowest BCUT2D eigenvalue weighted by Crippen LogP contribution is -2.21. The largest absolute Gasteiger partial charge is 0.780 e. The summed E-state index contributed by atoms with van der Waals surface area (Å²) in [6.07, 6.45) is 0. The predicted octanol–water partition coefficient (Wildman–Crippen LogP) is 1.67. The first kappa shape index (κ1) is 14.5. The van der Waals surface area contributed by atoms with Crippen molar-refractivity contribution in [1.29, 1.82) is 0 Å². The Hall–Kier alpha value is -2.40. The normalized spacial score (nSPS) is 11.5. The minimum atomic E-state index is -5.40. The molecule has 6 nitrogen and oxygen atoms in total. The van der Waals surface area contributed by atoms with Crippen molar-refractivity contribution in [3.63, 3.8) is 0 Å². The molecule has 3 rings (SSSR count). The van der Waals surface area contributed by atoms with Crippen molar-refractivity contribution in [2.75, 3.05) is 0 Å². The molecule has 0 unspecified atom stereocenters. The Morgan fingerprint density at radius 3 is 2.27 bits per heavy atom. The maximum atomic E-state index is 12.4. The van der Waals surface area contributed by atoms with Gasteiger partial charge < -0.3 is 23.3 Å². The van der Waals surface area contributed by atoms with Crippen LogP contribution in [0.15, 0.2) is 63.8 Å². The summed E-state index contributed by atoms with van der Waals surface area (Å²) in [6, 6.07) is 14.6. The van der Waals surface area contributed by atoms with E-state index in [-0.39, 0.29) is 16.7 Å². The molecule has 0 bridgehead atoms. The summed E-state index contributed by atoms with van der Waals surface area (Å²) in [6.45, 7) is 0. The highest BCUT2D eigenvalue weighted by Crippen LogP contribution is 2.36. The second-order valence-corrected chi connectivity index (χ2v) is 5.57. The molecule has 0 aliphatic carbocycles. The first-order valence-corrected chi connectivity index (χ1v) is 7.75. The molecule has 3 aromatic rings. The lowest BCUT2D eigenvalue weighted by Gasteiger charge is -2.29. The van der Waals surface area contributed by atoms with E-state index in [9.17, 15) is 19.1 Å². The molecule has 0 fully saturated rings. The fraction of sp³-hybridized carbons (Fsp3) is 0. The summed E-state index contributed by atoms with van der Waals surface area (Å²) in [5, 5.41) is 0.130. The highest BCUT2D eigenvalue weighted by molar-refractivity contribution is 7.43. The molecule has 0 N–H and O–H groups in total. The quantitative estimate of drug-likeness (QED) is 0.681. The van der Waals surface area contributed by atoms with E-state index in [2.05, 4.69) is 4.52 Å². The fourth-order valence-electron chi connectivity index (χ4n) is 2.10. The van der Waals surface area contributed by atoms with Crippen molar-refractivity contribution in [1.82, 2.24) is 0 Å². The van der Waals surface area contributed by atoms with E-state index < -0.39 is 19.0 Å². The molecule has 0 aliphatic heterocycles. The van der Waals surface area contributed by atoms with Crippen LogP contribution < -0.4 is 19.7 Å². The van der Waals surface area contributed by atoms with Crippen molar-refractivity contribution in [3.05, 3.63) is 64.8 Å². The maximum Gasteiger partial charge on any atom is 0.235 e. The van der Waals surface area contributed by atoms with Crippen molar-refractivity contribution in [2.24, 2.45) is 0 Å². The van der Waals surface area contributed by atoms with Gasteiger partial charge in [-0.3, -0.25) is 4.79 Å². The minimum absolute atomic E-state index is 0.101. The lowest BCUT2D eigenvalue weighted by atomic mass is 10.1. The second-order valence-electron chi connectivity index (χ2n) is 4.49. The van der Waals surface area contributed by atoms with Gasteiger partial charge >= 0.3 is 0 Å². The average Bonchev–Trinajstić information content (AvgIpc) is 2.50. The Labute approximate surface area is 124 Å². The van der Waals surface area contributed by atoms with E-state index in [0.717, 1.165) is 0 Å². The molecule has 1 aromatic heterocycles. The molecule has 0 saturated heterocycles. The fourth-order valence-corrected chi connectivity index (χ4v) is 2.49. The van der Waals surface area contributed by atoms with Gasteiger partial charge in [-0.05, 0) is 12.1 Å². The first-order valence-electron chi connectivity index (χ1n) is 6.28. The Balaban J connectivity index is 2.36. The van der Waals surface area contributed by atoms with Gasteiger partial charge in [-0.15, -0.1) is 0 Å². The van der Waals surface area contributed by atoms with Crippen molar-refractivity contribution in [2.45, 2.75) is 0 Å². The summed E-state index contributed by atoms with van der Waals surface area (Å²) >= 11 is 0. The van der Waals surface area contributed by atoms with Crippen LogP contribution in [0.25, 0.3) is 22.3 Å². The highest BCUT2D eigenvalue weighted by atomic mass is 31.2. The number of hydrogen-bond donors (Lipinski definition) is 0. The number of rotatable bonds is 3. The van der Waals surface area contributed by atoms with Crippen molar-refractivity contribution in [3.8, 4) is 17.1 Å². The van der Waals surface area contributed by atoms with Gasteiger partial charge in [-0.2, -0.15) is 0 Å². The maximum absolute atomic E-state index is 12.4. The molecule has 0 atom stereocenters. The van der Waals surface area contributed by atoms with E-state index in [1.54, 1.807) is 48.5 Å². The number of phosphoric acid groups is 1. The van der Waals surface area contributed by atoms with Gasteiger partial charge in [-0.1, -0.05) is 42.5 Å². The van der Waals surface area contributed by atoms with Crippen LogP contribution in [0.5, 0.6) is 5.75 Å². The summed E-state index contributed by atoms with van der Waals surface area (Å²) < 4.78 is 20.9. The number of benzene rings is 2. The van der Waals surface area contributed by atoms with Gasteiger partial charge in [0.05, 0.1) is 5.39 Å². The van der Waals surface area contributed by atoms with Gasteiger partial charge in [0.1, 0.15) is 13.4 Å². The second kappa shape index (κ2) is 5.42. The number of fused-ring (bicyclic) bond motifs is 1. The molecule has 0 aliphatic rings. The van der Waals surface area contributed by atoms with Crippen LogP contribution in [-0.2, 0) is 4.57 Å². The van der Waals surface area contributed by atoms with Gasteiger partial charge in [0.2, 0.25) is 11.2 Å². The van der Waals surface area contributed by atoms with Crippen LogP contribution in [0.3, 0.4) is 0 Å². The number of hydrogen-bond acceptors (Lipinski definition) is 6. The monoisotopic (exact) mass is 316 g/mol. The zero-order valence-electron chi connectivity index (χ0n) is 11.1. The Morgan fingerprint density at radius 1 is 0.955 bits per heavy atom. The van der Waals surface area contributed by atoms with Crippen LogP contribution in [-0.4, -0.2) is 0 Å². The molecule has 112 valence electrons. The molecule has 2 aromatic carbocycles. The summed E-state index contributed by atoms with van der Waals surface area (Å²) in [7, 11) is -5.40. The van der Waals surface area contributed by atoms with Gasteiger partial charge in [-0.25, -0.2) is 0 Å². The van der Waals surface area contributed by atoms with E-state index in [1.807, 2.05) is 0 Å². The summed E-state index contributed by atoms with van der Waals surface area (Å²) in [5.74, 6) is -0.727. The van der Waals surface area contributed by atoms with Crippen molar-refractivity contribution >= 4 is 18.8 Å². The smallest absolute Gasteiger partial charge is 0.235 e. The van der Waals surface area contributed by atoms with Gasteiger partial charge in [0.25, 0.3) is 0 Å². The van der Waals surface area contributed by atoms with Crippen molar-refractivity contribution < 1.29 is 23.3 Å². The third-order valence-electron chi connectivity index (χ3n) is 3.00. The molecule has 0 radical (unpaired) electrons. The zero-order valence-corrected chi connectivity index (χ0v) is 12.0. The van der Waals surface area contributed by atoms with Crippen LogP contribution in [0, 0.1) is 0 Å². The molecule has 7 heteroatoms. The third kappa shape index (κ3) is 2.80. The Kier molecular flexibility index (Phi) is 3.58.